The first-order valence-corrected chi connectivity index (χ1v) is 9.34. The Morgan fingerprint density at radius 2 is 1.67 bits per heavy atom. The van der Waals surface area contributed by atoms with E-state index in [4.69, 9.17) is 0 Å². The average Bonchev–Trinajstić information content (AvgIpc) is 3.14. The van der Waals surface area contributed by atoms with E-state index in [1.54, 1.807) is 4.90 Å². The van der Waals surface area contributed by atoms with Crippen molar-refractivity contribution in [2.24, 2.45) is 5.92 Å². The Morgan fingerprint density at radius 3 is 2.30 bits per heavy atom. The van der Waals surface area contributed by atoms with E-state index in [1.807, 2.05) is 0 Å². The number of hydrogen-bond donors (Lipinski definition) is 1. The lowest BCUT2D eigenvalue weighted by atomic mass is 10.0. The van der Waals surface area contributed by atoms with Gasteiger partial charge < -0.3 is 15.1 Å². The summed E-state index contributed by atoms with van der Waals surface area (Å²) in [5.41, 5.74) is -0.697. The van der Waals surface area contributed by atoms with Crippen LogP contribution < -0.4 is 5.32 Å². The Labute approximate surface area is 156 Å². The fourth-order valence-electron chi connectivity index (χ4n) is 3.73. The minimum Gasteiger partial charge on any atom is -0.339 e. The third kappa shape index (κ3) is 5.14. The summed E-state index contributed by atoms with van der Waals surface area (Å²) in [4.78, 5) is 28.0. The predicted molar refractivity (Wildman–Crippen MR) is 95.2 cm³/mol. The Kier molecular flexibility index (Phi) is 5.92. The molecule has 3 amide bonds. The molecule has 1 N–H and O–H groups in total. The number of carbonyl (C=O) groups excluding carboxylic acids is 2. The number of carbonyl (C=O) groups is 2. The standard InChI is InChI=1S/C19H24F3N3O2/c20-19(21,22)15-6-3-7-16(13-15)23-18(27)25-10-8-24(9-11-25)17(26)12-14-4-1-2-5-14/h3,6-7,13-14H,1-2,4-5,8-12H2,(H,23,27). The molecule has 0 atom stereocenters. The maximum absolute atomic E-state index is 12.8. The summed E-state index contributed by atoms with van der Waals surface area (Å²) in [6, 6.07) is 4.12. The molecule has 0 spiro atoms. The first-order valence-electron chi connectivity index (χ1n) is 9.34. The minimum atomic E-state index is -4.45. The Bertz CT molecular complexity index is 679. The van der Waals surface area contributed by atoms with Crippen molar-refractivity contribution in [1.82, 2.24) is 9.80 Å². The summed E-state index contributed by atoms with van der Waals surface area (Å²) in [6.45, 7) is 1.67. The zero-order valence-electron chi connectivity index (χ0n) is 15.1. The van der Waals surface area contributed by atoms with Gasteiger partial charge in [-0.1, -0.05) is 18.9 Å². The van der Waals surface area contributed by atoms with Crippen molar-refractivity contribution in [1.29, 1.82) is 0 Å². The Morgan fingerprint density at radius 1 is 1.04 bits per heavy atom. The highest BCUT2D eigenvalue weighted by Crippen LogP contribution is 2.31. The van der Waals surface area contributed by atoms with Crippen LogP contribution in [-0.4, -0.2) is 47.9 Å². The maximum Gasteiger partial charge on any atom is 0.416 e. The van der Waals surface area contributed by atoms with E-state index < -0.39 is 17.8 Å². The van der Waals surface area contributed by atoms with Crippen LogP contribution in [0.15, 0.2) is 24.3 Å². The summed E-state index contributed by atoms with van der Waals surface area (Å²) in [5, 5.41) is 2.51. The number of urea groups is 1. The molecule has 1 aliphatic carbocycles. The van der Waals surface area contributed by atoms with Crippen LogP contribution in [0.3, 0.4) is 0 Å². The lowest BCUT2D eigenvalue weighted by Crippen LogP contribution is -2.51. The zero-order chi connectivity index (χ0) is 19.4. The average molecular weight is 383 g/mol. The van der Waals surface area contributed by atoms with Gasteiger partial charge in [0, 0.05) is 38.3 Å². The van der Waals surface area contributed by atoms with Crippen LogP contribution >= 0.6 is 0 Å². The van der Waals surface area contributed by atoms with Crippen LogP contribution in [0.5, 0.6) is 0 Å². The molecule has 27 heavy (non-hydrogen) atoms. The van der Waals surface area contributed by atoms with Gasteiger partial charge in [0.15, 0.2) is 0 Å². The number of rotatable bonds is 3. The second-order valence-corrected chi connectivity index (χ2v) is 7.23. The van der Waals surface area contributed by atoms with Gasteiger partial charge in [0.25, 0.3) is 0 Å². The van der Waals surface area contributed by atoms with Gasteiger partial charge in [-0.15, -0.1) is 0 Å². The molecule has 2 aliphatic rings. The fourth-order valence-corrected chi connectivity index (χ4v) is 3.73. The molecule has 5 nitrogen and oxygen atoms in total. The number of nitrogens with one attached hydrogen (secondary N) is 1. The summed E-state index contributed by atoms with van der Waals surface area (Å²) in [7, 11) is 0. The third-order valence-corrected chi connectivity index (χ3v) is 5.30. The minimum absolute atomic E-state index is 0.106. The molecule has 2 fully saturated rings. The van der Waals surface area contributed by atoms with Gasteiger partial charge >= 0.3 is 12.2 Å². The lowest BCUT2D eigenvalue weighted by Gasteiger charge is -2.35. The van der Waals surface area contributed by atoms with Crippen LogP contribution in [0.25, 0.3) is 0 Å². The van der Waals surface area contributed by atoms with Gasteiger partial charge in [-0.2, -0.15) is 13.2 Å². The van der Waals surface area contributed by atoms with Gasteiger partial charge in [-0.05, 0) is 37.0 Å². The van der Waals surface area contributed by atoms with E-state index in [2.05, 4.69) is 5.32 Å². The van der Waals surface area contributed by atoms with Crippen molar-refractivity contribution in [3.05, 3.63) is 29.8 Å². The molecular formula is C19H24F3N3O2. The van der Waals surface area contributed by atoms with E-state index >= 15 is 0 Å². The molecule has 1 aliphatic heterocycles. The molecule has 8 heteroatoms. The number of anilines is 1. The van der Waals surface area contributed by atoms with Crippen molar-refractivity contribution in [3.63, 3.8) is 0 Å². The van der Waals surface area contributed by atoms with Crippen molar-refractivity contribution < 1.29 is 22.8 Å². The smallest absolute Gasteiger partial charge is 0.339 e. The largest absolute Gasteiger partial charge is 0.416 e. The SMILES string of the molecule is O=C(CC1CCCC1)N1CCN(C(=O)Nc2cccc(C(F)(F)F)c2)CC1. The van der Waals surface area contributed by atoms with E-state index in [9.17, 15) is 22.8 Å². The molecule has 0 radical (unpaired) electrons. The summed E-state index contributed by atoms with van der Waals surface area (Å²) in [6.07, 6.45) is 0.752. The molecule has 1 saturated heterocycles. The molecule has 1 heterocycles. The molecule has 1 aromatic rings. The summed E-state index contributed by atoms with van der Waals surface area (Å²) in [5.74, 6) is 0.625. The van der Waals surface area contributed by atoms with Gasteiger partial charge in [0.1, 0.15) is 0 Å². The molecule has 3 rings (SSSR count). The van der Waals surface area contributed by atoms with Crippen LogP contribution in [0, 0.1) is 5.92 Å². The first-order chi connectivity index (χ1) is 12.8. The molecule has 148 valence electrons. The topological polar surface area (TPSA) is 52.7 Å². The van der Waals surface area contributed by atoms with E-state index in [1.165, 1.54) is 29.9 Å². The number of alkyl halides is 3. The van der Waals surface area contributed by atoms with Crippen LogP contribution in [0.2, 0.25) is 0 Å². The van der Waals surface area contributed by atoms with Crippen molar-refractivity contribution in [2.45, 2.75) is 38.3 Å². The van der Waals surface area contributed by atoms with Gasteiger partial charge in [0.2, 0.25) is 5.91 Å². The number of benzene rings is 1. The van der Waals surface area contributed by atoms with Gasteiger partial charge in [-0.25, -0.2) is 4.79 Å². The second kappa shape index (κ2) is 8.19. The number of hydrogen-bond acceptors (Lipinski definition) is 2. The van der Waals surface area contributed by atoms with Crippen LogP contribution in [0.4, 0.5) is 23.7 Å². The third-order valence-electron chi connectivity index (χ3n) is 5.30. The molecule has 0 unspecified atom stereocenters. The monoisotopic (exact) mass is 383 g/mol. The van der Waals surface area contributed by atoms with E-state index in [0.717, 1.165) is 25.0 Å². The quantitative estimate of drug-likeness (QED) is 0.859. The summed E-state index contributed by atoms with van der Waals surface area (Å²) < 4.78 is 38.3. The number of amides is 3. The molecule has 1 aromatic carbocycles. The fraction of sp³-hybridized carbons (Fsp3) is 0.579. The van der Waals surface area contributed by atoms with E-state index in [0.29, 0.717) is 38.5 Å². The Hall–Kier alpha value is -2.25. The first kappa shape index (κ1) is 19.5. The van der Waals surface area contributed by atoms with Crippen LogP contribution in [-0.2, 0) is 11.0 Å². The van der Waals surface area contributed by atoms with Crippen LogP contribution in [0.1, 0.15) is 37.7 Å². The highest BCUT2D eigenvalue weighted by molar-refractivity contribution is 5.89. The molecule has 0 aromatic heterocycles. The number of piperazine rings is 1. The number of halogens is 3. The Balaban J connectivity index is 1.49. The van der Waals surface area contributed by atoms with Gasteiger partial charge in [0.05, 0.1) is 5.56 Å². The molecule has 0 bridgehead atoms. The second-order valence-electron chi connectivity index (χ2n) is 7.23. The molecule has 1 saturated carbocycles. The maximum atomic E-state index is 12.8. The van der Waals surface area contributed by atoms with Crippen molar-refractivity contribution in [2.75, 3.05) is 31.5 Å². The van der Waals surface area contributed by atoms with Gasteiger partial charge in [-0.3, -0.25) is 4.79 Å². The summed E-state index contributed by atoms with van der Waals surface area (Å²) >= 11 is 0. The predicted octanol–water partition coefficient (Wildman–Crippen LogP) is 3.96. The highest BCUT2D eigenvalue weighted by atomic mass is 19.4. The molecular weight excluding hydrogens is 359 g/mol. The highest BCUT2D eigenvalue weighted by Gasteiger charge is 2.31. The van der Waals surface area contributed by atoms with E-state index in [-0.39, 0.29) is 11.6 Å². The number of nitrogens with zero attached hydrogens (tertiary/aromatic N) is 2. The van der Waals surface area contributed by atoms with Crippen molar-refractivity contribution >= 4 is 17.6 Å². The zero-order valence-corrected chi connectivity index (χ0v) is 15.1. The lowest BCUT2D eigenvalue weighted by molar-refractivity contribution is -0.137. The normalized spacial score (nSPS) is 18.6. The van der Waals surface area contributed by atoms with Crippen molar-refractivity contribution in [3.8, 4) is 0 Å².